The highest BCUT2D eigenvalue weighted by atomic mass is 79.9. The van der Waals surface area contributed by atoms with E-state index in [1.165, 1.54) is 12.0 Å². The fraction of sp³-hybridized carbons (Fsp3) is 0.286. The third-order valence-electron chi connectivity index (χ3n) is 4.18. The maximum Gasteiger partial charge on any atom is 0.414 e. The first-order valence-corrected chi connectivity index (χ1v) is 10.1. The Balaban J connectivity index is 1.96. The first-order chi connectivity index (χ1) is 14.0. The molecule has 8 heteroatoms. The Bertz CT molecular complexity index is 827. The molecule has 154 valence electrons. The number of benzene rings is 2. The molecule has 2 amide bonds. The lowest BCUT2D eigenvalue weighted by Crippen LogP contribution is -2.41. The number of carbonyl (C=O) groups excluding carboxylic acids is 3. The Kier molecular flexibility index (Phi) is 8.67. The molecule has 2 aromatic rings. The molecule has 0 fully saturated rings. The minimum atomic E-state index is -0.734. The molecule has 0 saturated heterocycles. The summed E-state index contributed by atoms with van der Waals surface area (Å²) < 4.78 is 9.99. The summed E-state index contributed by atoms with van der Waals surface area (Å²) in [7, 11) is 2.86. The van der Waals surface area contributed by atoms with Gasteiger partial charge < -0.3 is 14.8 Å². The van der Waals surface area contributed by atoms with Crippen LogP contribution in [0.3, 0.4) is 0 Å². The number of carbonyl (C=O) groups is 3. The zero-order chi connectivity index (χ0) is 21.2. The van der Waals surface area contributed by atoms with E-state index in [-0.39, 0.29) is 6.61 Å². The van der Waals surface area contributed by atoms with Gasteiger partial charge in [0.15, 0.2) is 0 Å². The quantitative estimate of drug-likeness (QED) is 0.479. The van der Waals surface area contributed by atoms with Gasteiger partial charge in [-0.3, -0.25) is 9.69 Å². The summed E-state index contributed by atoms with van der Waals surface area (Å²) >= 11 is 3.25. The fourth-order valence-corrected chi connectivity index (χ4v) is 2.96. The van der Waals surface area contributed by atoms with Crippen LogP contribution in [-0.2, 0) is 20.9 Å². The van der Waals surface area contributed by atoms with Gasteiger partial charge in [0.2, 0.25) is 0 Å². The standard InChI is InChI=1S/C21H23BrN2O5/c1-24(21(27)29-14-15-6-4-3-5-7-15)17-10-8-16(9-11-17)19(25)23-18(12-13-22)20(26)28-2/h3-11,18H,12-14H2,1-2H3,(H,23,25)/t18-/m0/s1. The molecular weight excluding hydrogens is 440 g/mol. The van der Waals surface area contributed by atoms with Gasteiger partial charge in [-0.1, -0.05) is 46.3 Å². The lowest BCUT2D eigenvalue weighted by molar-refractivity contribution is -0.142. The molecule has 0 aliphatic carbocycles. The van der Waals surface area contributed by atoms with Gasteiger partial charge in [0.05, 0.1) is 7.11 Å². The Hall–Kier alpha value is -2.87. The number of ether oxygens (including phenoxy) is 2. The van der Waals surface area contributed by atoms with E-state index in [1.54, 1.807) is 31.3 Å². The molecule has 0 aliphatic heterocycles. The molecule has 29 heavy (non-hydrogen) atoms. The second kappa shape index (κ2) is 11.2. The number of halogens is 1. The monoisotopic (exact) mass is 462 g/mol. The largest absolute Gasteiger partial charge is 0.467 e. The van der Waals surface area contributed by atoms with Crippen LogP contribution in [-0.4, -0.2) is 43.5 Å². The van der Waals surface area contributed by atoms with Crippen molar-refractivity contribution in [1.82, 2.24) is 5.32 Å². The Morgan fingerprint density at radius 3 is 2.31 bits per heavy atom. The normalized spacial score (nSPS) is 11.3. The van der Waals surface area contributed by atoms with Crippen molar-refractivity contribution in [2.45, 2.75) is 19.1 Å². The Morgan fingerprint density at radius 2 is 1.72 bits per heavy atom. The van der Waals surface area contributed by atoms with Gasteiger partial charge in [0.25, 0.3) is 5.91 Å². The van der Waals surface area contributed by atoms with Crippen LogP contribution in [0.25, 0.3) is 0 Å². The number of hydrogen-bond acceptors (Lipinski definition) is 5. The molecule has 0 saturated carbocycles. The maximum absolute atomic E-state index is 12.4. The molecule has 0 bridgehead atoms. The highest BCUT2D eigenvalue weighted by molar-refractivity contribution is 9.09. The minimum absolute atomic E-state index is 0.174. The number of alkyl halides is 1. The molecule has 0 unspecified atom stereocenters. The topological polar surface area (TPSA) is 84.9 Å². The molecule has 1 atom stereocenters. The second-order valence-electron chi connectivity index (χ2n) is 6.17. The van der Waals surface area contributed by atoms with Gasteiger partial charge in [0.1, 0.15) is 12.6 Å². The molecule has 0 spiro atoms. The van der Waals surface area contributed by atoms with Crippen molar-refractivity contribution in [1.29, 1.82) is 0 Å². The van der Waals surface area contributed by atoms with Gasteiger partial charge in [0, 0.05) is 23.6 Å². The Morgan fingerprint density at radius 1 is 1.07 bits per heavy atom. The van der Waals surface area contributed by atoms with E-state index in [0.29, 0.717) is 23.0 Å². The van der Waals surface area contributed by atoms with E-state index in [4.69, 9.17) is 9.47 Å². The minimum Gasteiger partial charge on any atom is -0.467 e. The number of nitrogens with one attached hydrogen (secondary N) is 1. The van der Waals surface area contributed by atoms with Crippen molar-refractivity contribution in [3.05, 3.63) is 65.7 Å². The first-order valence-electron chi connectivity index (χ1n) is 8.95. The number of esters is 1. The van der Waals surface area contributed by atoms with Crippen molar-refractivity contribution in [2.75, 3.05) is 24.4 Å². The third kappa shape index (κ3) is 6.60. The van der Waals surface area contributed by atoms with Gasteiger partial charge in [-0.2, -0.15) is 0 Å². The van der Waals surface area contributed by atoms with Crippen LogP contribution < -0.4 is 10.2 Å². The highest BCUT2D eigenvalue weighted by Crippen LogP contribution is 2.16. The highest BCUT2D eigenvalue weighted by Gasteiger charge is 2.21. The fourth-order valence-electron chi connectivity index (χ4n) is 2.50. The molecule has 2 rings (SSSR count). The molecule has 0 aromatic heterocycles. The maximum atomic E-state index is 12.4. The van der Waals surface area contributed by atoms with Crippen LogP contribution >= 0.6 is 15.9 Å². The molecule has 1 N–H and O–H groups in total. The number of amides is 2. The lowest BCUT2D eigenvalue weighted by Gasteiger charge is -2.18. The molecule has 2 aromatic carbocycles. The average molecular weight is 463 g/mol. The predicted molar refractivity (Wildman–Crippen MR) is 113 cm³/mol. The molecular formula is C21H23BrN2O5. The van der Waals surface area contributed by atoms with Crippen LogP contribution in [0.2, 0.25) is 0 Å². The van der Waals surface area contributed by atoms with Crippen molar-refractivity contribution in [2.24, 2.45) is 0 Å². The summed E-state index contributed by atoms with van der Waals surface area (Å²) in [6, 6.07) is 15.1. The molecule has 0 heterocycles. The van der Waals surface area contributed by atoms with E-state index in [9.17, 15) is 14.4 Å². The van der Waals surface area contributed by atoms with Crippen LogP contribution in [0.1, 0.15) is 22.3 Å². The summed E-state index contributed by atoms with van der Waals surface area (Å²) in [5.41, 5.74) is 1.83. The van der Waals surface area contributed by atoms with Crippen molar-refractivity contribution in [3.8, 4) is 0 Å². The number of nitrogens with zero attached hydrogens (tertiary/aromatic N) is 1. The van der Waals surface area contributed by atoms with Gasteiger partial charge in [-0.25, -0.2) is 9.59 Å². The number of methoxy groups -OCH3 is 1. The second-order valence-corrected chi connectivity index (χ2v) is 6.97. The summed E-state index contributed by atoms with van der Waals surface area (Å²) in [4.78, 5) is 37.7. The van der Waals surface area contributed by atoms with E-state index in [2.05, 4.69) is 21.2 Å². The average Bonchev–Trinajstić information content (AvgIpc) is 2.76. The molecule has 0 radical (unpaired) electrons. The van der Waals surface area contributed by atoms with E-state index in [0.717, 1.165) is 5.56 Å². The first kappa shape index (κ1) is 22.4. The van der Waals surface area contributed by atoms with Gasteiger partial charge in [-0.05, 0) is 36.2 Å². The van der Waals surface area contributed by atoms with Crippen LogP contribution in [0, 0.1) is 0 Å². The summed E-state index contributed by atoms with van der Waals surface area (Å²) in [6.45, 7) is 0.174. The molecule has 0 aliphatic rings. The van der Waals surface area contributed by atoms with Crippen molar-refractivity contribution < 1.29 is 23.9 Å². The van der Waals surface area contributed by atoms with Crippen LogP contribution in [0.5, 0.6) is 0 Å². The zero-order valence-corrected chi connectivity index (χ0v) is 17.8. The number of hydrogen-bond donors (Lipinski definition) is 1. The smallest absolute Gasteiger partial charge is 0.414 e. The van der Waals surface area contributed by atoms with Crippen LogP contribution in [0.4, 0.5) is 10.5 Å². The summed E-state index contributed by atoms with van der Waals surface area (Å²) in [6.07, 6.45) is -0.0962. The predicted octanol–water partition coefficient (Wildman–Crippen LogP) is 3.52. The van der Waals surface area contributed by atoms with Crippen molar-refractivity contribution >= 4 is 39.6 Å². The van der Waals surface area contributed by atoms with E-state index < -0.39 is 24.0 Å². The van der Waals surface area contributed by atoms with E-state index >= 15 is 0 Å². The summed E-state index contributed by atoms with van der Waals surface area (Å²) in [5.74, 6) is -0.905. The van der Waals surface area contributed by atoms with Crippen molar-refractivity contribution in [3.63, 3.8) is 0 Å². The number of rotatable bonds is 8. The SMILES string of the molecule is COC(=O)[C@H](CCBr)NC(=O)c1ccc(N(C)C(=O)OCc2ccccc2)cc1. The number of anilines is 1. The summed E-state index contributed by atoms with van der Waals surface area (Å²) in [5, 5.41) is 3.19. The third-order valence-corrected chi connectivity index (χ3v) is 4.64. The van der Waals surface area contributed by atoms with Gasteiger partial charge >= 0.3 is 12.1 Å². The Labute approximate surface area is 178 Å². The van der Waals surface area contributed by atoms with Crippen LogP contribution in [0.15, 0.2) is 54.6 Å². The van der Waals surface area contributed by atoms with E-state index in [1.807, 2.05) is 30.3 Å². The zero-order valence-electron chi connectivity index (χ0n) is 16.3. The van der Waals surface area contributed by atoms with Gasteiger partial charge in [-0.15, -0.1) is 0 Å². The molecule has 7 nitrogen and oxygen atoms in total. The lowest BCUT2D eigenvalue weighted by atomic mass is 10.1.